The molecule has 1 heterocycles. The molecule has 0 aliphatic carbocycles. The van der Waals surface area contributed by atoms with Gasteiger partial charge in [0.25, 0.3) is 0 Å². The Morgan fingerprint density at radius 1 is 1.20 bits per heavy atom. The molecular weight excluding hydrogens is 195 g/mol. The van der Waals surface area contributed by atoms with Gasteiger partial charge >= 0.3 is 7.12 Å². The second kappa shape index (κ2) is 4.25. The summed E-state index contributed by atoms with van der Waals surface area (Å²) in [5.41, 5.74) is 1.44. The lowest BCUT2D eigenvalue weighted by molar-refractivity contribution is 0.426. The summed E-state index contributed by atoms with van der Waals surface area (Å²) in [6, 6.07) is 6.88. The Balaban J connectivity index is 2.11. The van der Waals surface area contributed by atoms with Gasteiger partial charge in [-0.1, -0.05) is 24.3 Å². The molecular formula is C9H9BN2O3. The number of rotatable bonds is 3. The summed E-state index contributed by atoms with van der Waals surface area (Å²) in [5.74, 6) is 0.535. The summed E-state index contributed by atoms with van der Waals surface area (Å²) in [4.78, 5) is 0. The van der Waals surface area contributed by atoms with Gasteiger partial charge in [0.05, 0.1) is 6.42 Å². The smallest absolute Gasteiger partial charge is 0.428 e. The van der Waals surface area contributed by atoms with Crippen LogP contribution in [0, 0.1) is 0 Å². The van der Waals surface area contributed by atoms with E-state index in [0.717, 1.165) is 5.56 Å². The molecule has 15 heavy (non-hydrogen) atoms. The molecule has 0 atom stereocenters. The zero-order valence-corrected chi connectivity index (χ0v) is 7.87. The molecule has 5 nitrogen and oxygen atoms in total. The second-order valence-electron chi connectivity index (χ2n) is 3.12. The van der Waals surface area contributed by atoms with Crippen LogP contribution in [-0.2, 0) is 6.42 Å². The normalized spacial score (nSPS) is 10.3. The van der Waals surface area contributed by atoms with Gasteiger partial charge in [0.1, 0.15) is 0 Å². The third-order valence-corrected chi connectivity index (χ3v) is 2.04. The number of hydrogen-bond acceptors (Lipinski definition) is 5. The van der Waals surface area contributed by atoms with Crippen LogP contribution in [0.4, 0.5) is 0 Å². The summed E-state index contributed by atoms with van der Waals surface area (Å²) in [6.07, 6.45) is 1.82. The number of aromatic nitrogens is 2. The van der Waals surface area contributed by atoms with Gasteiger partial charge in [-0.3, -0.25) is 0 Å². The van der Waals surface area contributed by atoms with Crippen LogP contribution < -0.4 is 5.46 Å². The standard InChI is InChI=1S/C9H9BN2O3/c13-10(14)8-3-1-7(2-4-8)5-9-12-11-6-15-9/h1-4,6,13-14H,5H2. The zero-order chi connectivity index (χ0) is 10.7. The van der Waals surface area contributed by atoms with Crippen molar-refractivity contribution < 1.29 is 14.5 Å². The van der Waals surface area contributed by atoms with E-state index in [1.165, 1.54) is 6.39 Å². The minimum absolute atomic E-state index is 0.462. The average Bonchev–Trinajstić information content (AvgIpc) is 2.71. The van der Waals surface area contributed by atoms with Crippen molar-refractivity contribution in [2.24, 2.45) is 0 Å². The first-order valence-electron chi connectivity index (χ1n) is 4.46. The SMILES string of the molecule is OB(O)c1ccc(Cc2nnco2)cc1. The van der Waals surface area contributed by atoms with Crippen molar-refractivity contribution in [1.82, 2.24) is 10.2 Å². The van der Waals surface area contributed by atoms with Gasteiger partial charge < -0.3 is 14.5 Å². The quantitative estimate of drug-likeness (QED) is 0.648. The van der Waals surface area contributed by atoms with Crippen molar-refractivity contribution in [3.8, 4) is 0 Å². The summed E-state index contributed by atoms with van der Waals surface area (Å²) in [5, 5.41) is 25.1. The monoisotopic (exact) mass is 204 g/mol. The summed E-state index contributed by atoms with van der Waals surface area (Å²) in [7, 11) is -1.43. The minimum atomic E-state index is -1.43. The van der Waals surface area contributed by atoms with Crippen LogP contribution in [0.5, 0.6) is 0 Å². The third-order valence-electron chi connectivity index (χ3n) is 2.04. The highest BCUT2D eigenvalue weighted by atomic mass is 16.4. The fraction of sp³-hybridized carbons (Fsp3) is 0.111. The maximum absolute atomic E-state index is 8.89. The van der Waals surface area contributed by atoms with Gasteiger partial charge in [-0.05, 0) is 11.0 Å². The van der Waals surface area contributed by atoms with Crippen LogP contribution in [0.3, 0.4) is 0 Å². The van der Waals surface area contributed by atoms with Crippen LogP contribution in [0.25, 0.3) is 0 Å². The predicted molar refractivity (Wildman–Crippen MR) is 53.4 cm³/mol. The maximum atomic E-state index is 8.89. The van der Waals surface area contributed by atoms with Gasteiger partial charge in [0.15, 0.2) is 0 Å². The van der Waals surface area contributed by atoms with E-state index in [2.05, 4.69) is 10.2 Å². The largest absolute Gasteiger partial charge is 0.488 e. The van der Waals surface area contributed by atoms with E-state index in [1.54, 1.807) is 24.3 Å². The maximum Gasteiger partial charge on any atom is 0.488 e. The van der Waals surface area contributed by atoms with E-state index < -0.39 is 7.12 Å². The van der Waals surface area contributed by atoms with Gasteiger partial charge in [-0.2, -0.15) is 0 Å². The number of nitrogens with zero attached hydrogens (tertiary/aromatic N) is 2. The molecule has 0 unspecified atom stereocenters. The second-order valence-corrected chi connectivity index (χ2v) is 3.12. The molecule has 0 bridgehead atoms. The summed E-state index contributed by atoms with van der Waals surface area (Å²) in [6.45, 7) is 0. The van der Waals surface area contributed by atoms with Gasteiger partial charge in [0.2, 0.25) is 12.3 Å². The molecule has 0 fully saturated rings. The van der Waals surface area contributed by atoms with Crippen LogP contribution in [-0.4, -0.2) is 27.4 Å². The molecule has 2 aromatic rings. The molecule has 6 heteroatoms. The Morgan fingerprint density at radius 2 is 1.93 bits per heavy atom. The van der Waals surface area contributed by atoms with Crippen molar-refractivity contribution in [2.45, 2.75) is 6.42 Å². The first kappa shape index (κ1) is 9.88. The van der Waals surface area contributed by atoms with Crippen LogP contribution >= 0.6 is 0 Å². The van der Waals surface area contributed by atoms with Gasteiger partial charge in [0, 0.05) is 0 Å². The predicted octanol–water partition coefficient (Wildman–Crippen LogP) is -0.660. The molecule has 1 aromatic heterocycles. The zero-order valence-electron chi connectivity index (χ0n) is 7.87. The molecule has 0 saturated heterocycles. The van der Waals surface area contributed by atoms with E-state index in [0.29, 0.717) is 17.8 Å². The molecule has 0 radical (unpaired) electrons. The van der Waals surface area contributed by atoms with E-state index in [-0.39, 0.29) is 0 Å². The Morgan fingerprint density at radius 3 is 2.47 bits per heavy atom. The van der Waals surface area contributed by atoms with Crippen LogP contribution in [0.1, 0.15) is 11.5 Å². The number of hydrogen-bond donors (Lipinski definition) is 2. The van der Waals surface area contributed by atoms with Crippen molar-refractivity contribution in [1.29, 1.82) is 0 Å². The molecule has 76 valence electrons. The first-order valence-corrected chi connectivity index (χ1v) is 4.46. The number of benzene rings is 1. The Labute approximate surface area is 86.5 Å². The minimum Gasteiger partial charge on any atom is -0.428 e. The van der Waals surface area contributed by atoms with E-state index >= 15 is 0 Å². The topological polar surface area (TPSA) is 79.4 Å². The summed E-state index contributed by atoms with van der Waals surface area (Å²) >= 11 is 0. The average molecular weight is 204 g/mol. The van der Waals surface area contributed by atoms with Gasteiger partial charge in [-0.25, -0.2) is 0 Å². The van der Waals surface area contributed by atoms with E-state index in [4.69, 9.17) is 14.5 Å². The Bertz CT molecular complexity index is 413. The molecule has 1 aromatic carbocycles. The molecule has 0 amide bonds. The summed E-state index contributed by atoms with van der Waals surface area (Å²) < 4.78 is 4.99. The molecule has 0 saturated carbocycles. The van der Waals surface area contributed by atoms with E-state index in [1.807, 2.05) is 0 Å². The lowest BCUT2D eigenvalue weighted by Crippen LogP contribution is -2.29. The van der Waals surface area contributed by atoms with Crippen molar-refractivity contribution in [2.75, 3.05) is 0 Å². The lowest BCUT2D eigenvalue weighted by Gasteiger charge is -2.00. The molecule has 0 aliphatic heterocycles. The molecule has 2 N–H and O–H groups in total. The molecule has 0 spiro atoms. The van der Waals surface area contributed by atoms with E-state index in [9.17, 15) is 0 Å². The third kappa shape index (κ3) is 2.42. The highest BCUT2D eigenvalue weighted by molar-refractivity contribution is 6.58. The highest BCUT2D eigenvalue weighted by Crippen LogP contribution is 2.04. The highest BCUT2D eigenvalue weighted by Gasteiger charge is 2.10. The lowest BCUT2D eigenvalue weighted by atomic mass is 9.80. The Kier molecular flexibility index (Phi) is 2.80. The van der Waals surface area contributed by atoms with Gasteiger partial charge in [-0.15, -0.1) is 10.2 Å². The molecule has 2 rings (SSSR count). The van der Waals surface area contributed by atoms with Crippen molar-refractivity contribution in [3.05, 3.63) is 42.1 Å². The van der Waals surface area contributed by atoms with Crippen molar-refractivity contribution >= 4 is 12.6 Å². The van der Waals surface area contributed by atoms with Crippen molar-refractivity contribution in [3.63, 3.8) is 0 Å². The van der Waals surface area contributed by atoms with Crippen LogP contribution in [0.2, 0.25) is 0 Å². The fourth-order valence-electron chi connectivity index (χ4n) is 1.26. The fourth-order valence-corrected chi connectivity index (χ4v) is 1.26. The Hall–Kier alpha value is -1.66. The molecule has 0 aliphatic rings. The van der Waals surface area contributed by atoms with Crippen LogP contribution in [0.15, 0.2) is 35.1 Å². The first-order chi connectivity index (χ1) is 7.25.